The zero-order chi connectivity index (χ0) is 31.5. The maximum Gasteiger partial charge on any atom is 0.326 e. The van der Waals surface area contributed by atoms with E-state index in [1.807, 2.05) is 99.0 Å². The summed E-state index contributed by atoms with van der Waals surface area (Å²) in [6.07, 6.45) is 3.60. The van der Waals surface area contributed by atoms with Crippen LogP contribution in [0.4, 0.5) is 5.69 Å². The van der Waals surface area contributed by atoms with Crippen LogP contribution in [0.15, 0.2) is 97.1 Å². The fourth-order valence-corrected chi connectivity index (χ4v) is 5.68. The third kappa shape index (κ3) is 8.60. The Labute approximate surface area is 264 Å². The van der Waals surface area contributed by atoms with Gasteiger partial charge < -0.3 is 15.3 Å². The van der Waals surface area contributed by atoms with Gasteiger partial charge in [0.1, 0.15) is 6.04 Å². The van der Waals surface area contributed by atoms with Gasteiger partial charge in [-0.2, -0.15) is 11.8 Å². The lowest BCUT2D eigenvalue weighted by molar-refractivity contribution is -0.139. The number of nitrogens with one attached hydrogen (secondary N) is 1. The maximum atomic E-state index is 13.5. The molecule has 0 fully saturated rings. The van der Waals surface area contributed by atoms with Crippen molar-refractivity contribution in [2.24, 2.45) is 0 Å². The molecule has 0 aliphatic rings. The molecule has 0 bridgehead atoms. The predicted octanol–water partition coefficient (Wildman–Crippen LogP) is 7.79. The van der Waals surface area contributed by atoms with Crippen LogP contribution in [-0.2, 0) is 17.9 Å². The second kappa shape index (κ2) is 15.9. The van der Waals surface area contributed by atoms with Gasteiger partial charge in [-0.05, 0) is 96.0 Å². The highest BCUT2D eigenvalue weighted by Crippen LogP contribution is 2.30. The van der Waals surface area contributed by atoms with Crippen molar-refractivity contribution >= 4 is 35.1 Å². The Hall–Kier alpha value is -4.36. The number of aryl methyl sites for hydroxylation is 1. The van der Waals surface area contributed by atoms with E-state index in [0.717, 1.165) is 39.9 Å². The second-order valence-corrected chi connectivity index (χ2v) is 11.9. The molecule has 0 unspecified atom stereocenters. The molecule has 0 saturated carbocycles. The second-order valence-electron chi connectivity index (χ2n) is 10.9. The van der Waals surface area contributed by atoms with E-state index in [4.69, 9.17) is 0 Å². The highest BCUT2D eigenvalue weighted by Gasteiger charge is 2.23. The number of Topliss-reactive ketones (excluding diaryl/α,β-unsaturated/α-hetero) is 1. The number of carbonyl (C=O) groups is 3. The molecule has 1 atom stereocenters. The van der Waals surface area contributed by atoms with Crippen molar-refractivity contribution in [2.45, 2.75) is 52.2 Å². The molecule has 7 heteroatoms. The van der Waals surface area contributed by atoms with Gasteiger partial charge in [-0.3, -0.25) is 9.59 Å². The summed E-state index contributed by atoms with van der Waals surface area (Å²) in [6, 6.07) is 30.7. The van der Waals surface area contributed by atoms with E-state index in [1.165, 1.54) is 0 Å². The van der Waals surface area contributed by atoms with Crippen LogP contribution in [0.3, 0.4) is 0 Å². The normalized spacial score (nSPS) is 11.5. The number of hydrogen-bond acceptors (Lipinski definition) is 5. The molecule has 1 amide bonds. The number of nitrogens with zero attached hydrogens (tertiary/aromatic N) is 1. The van der Waals surface area contributed by atoms with E-state index in [2.05, 4.69) is 22.3 Å². The maximum absolute atomic E-state index is 13.5. The first-order valence-corrected chi connectivity index (χ1v) is 16.3. The molecule has 0 heterocycles. The Morgan fingerprint density at radius 2 is 1.52 bits per heavy atom. The lowest BCUT2D eigenvalue weighted by Crippen LogP contribution is -2.41. The molecule has 0 aliphatic carbocycles. The fourth-order valence-electron chi connectivity index (χ4n) is 5.21. The van der Waals surface area contributed by atoms with Crippen LogP contribution >= 0.6 is 11.8 Å². The Balaban J connectivity index is 1.71. The molecular weight excluding hydrogens is 568 g/mol. The van der Waals surface area contributed by atoms with E-state index < -0.39 is 17.9 Å². The quantitative estimate of drug-likeness (QED) is 0.134. The smallest absolute Gasteiger partial charge is 0.326 e. The van der Waals surface area contributed by atoms with E-state index >= 15 is 0 Å². The number of carboxylic acid groups (broad SMARTS) is 1. The highest BCUT2D eigenvalue weighted by molar-refractivity contribution is 7.98. The number of carboxylic acids is 1. The lowest BCUT2D eigenvalue weighted by atomic mass is 9.93. The molecule has 0 aliphatic heterocycles. The molecular formula is C37H40N2O4S. The number of hydrogen-bond donors (Lipinski definition) is 2. The van der Waals surface area contributed by atoms with E-state index in [9.17, 15) is 19.5 Å². The van der Waals surface area contributed by atoms with Crippen molar-refractivity contribution in [3.8, 4) is 11.1 Å². The molecule has 4 rings (SSSR count). The number of carbonyl (C=O) groups excluding carboxylic acids is 2. The minimum atomic E-state index is -1.04. The molecule has 44 heavy (non-hydrogen) atoms. The Morgan fingerprint density at radius 3 is 2.18 bits per heavy atom. The van der Waals surface area contributed by atoms with Crippen molar-refractivity contribution < 1.29 is 19.5 Å². The van der Waals surface area contributed by atoms with Gasteiger partial charge in [-0.15, -0.1) is 0 Å². The van der Waals surface area contributed by atoms with Crippen LogP contribution in [-0.4, -0.2) is 40.8 Å². The minimum Gasteiger partial charge on any atom is -0.480 e. The first-order valence-electron chi connectivity index (χ1n) is 14.9. The number of rotatable bonds is 15. The van der Waals surface area contributed by atoms with Crippen LogP contribution < -0.4 is 10.2 Å². The van der Waals surface area contributed by atoms with E-state index in [1.54, 1.807) is 17.8 Å². The molecule has 4 aromatic rings. The average Bonchev–Trinajstić information content (AvgIpc) is 3.03. The van der Waals surface area contributed by atoms with E-state index in [-0.39, 0.29) is 5.78 Å². The van der Waals surface area contributed by atoms with Gasteiger partial charge in [0, 0.05) is 36.3 Å². The average molecular weight is 609 g/mol. The number of thioether (sulfide) groups is 1. The number of anilines is 1. The van der Waals surface area contributed by atoms with Gasteiger partial charge in [-0.1, -0.05) is 67.6 Å². The van der Waals surface area contributed by atoms with Crippen molar-refractivity contribution in [3.63, 3.8) is 0 Å². The highest BCUT2D eigenvalue weighted by atomic mass is 32.2. The summed E-state index contributed by atoms with van der Waals surface area (Å²) in [6.45, 7) is 5.22. The largest absolute Gasteiger partial charge is 0.480 e. The van der Waals surface area contributed by atoms with Gasteiger partial charge in [-0.25, -0.2) is 4.79 Å². The molecule has 228 valence electrons. The Bertz CT molecular complexity index is 1570. The van der Waals surface area contributed by atoms with Crippen LogP contribution in [0.1, 0.15) is 63.6 Å². The minimum absolute atomic E-state index is 0.143. The fraction of sp³-hybridized carbons (Fsp3) is 0.270. The van der Waals surface area contributed by atoms with Gasteiger partial charge in [0.05, 0.1) is 0 Å². The van der Waals surface area contributed by atoms with Crippen LogP contribution in [0.2, 0.25) is 0 Å². The predicted molar refractivity (Wildman–Crippen MR) is 181 cm³/mol. The van der Waals surface area contributed by atoms with Crippen molar-refractivity contribution in [1.29, 1.82) is 0 Å². The Kier molecular flexibility index (Phi) is 11.8. The molecule has 0 radical (unpaired) electrons. The lowest BCUT2D eigenvalue weighted by Gasteiger charge is -2.26. The molecule has 2 N–H and O–H groups in total. The Morgan fingerprint density at radius 1 is 0.841 bits per heavy atom. The summed E-state index contributed by atoms with van der Waals surface area (Å²) in [4.78, 5) is 40.1. The summed E-state index contributed by atoms with van der Waals surface area (Å²) < 4.78 is 0. The van der Waals surface area contributed by atoms with Gasteiger partial charge in [0.15, 0.2) is 5.78 Å². The molecule has 0 saturated heterocycles. The number of benzene rings is 4. The van der Waals surface area contributed by atoms with Gasteiger partial charge in [0.2, 0.25) is 0 Å². The summed E-state index contributed by atoms with van der Waals surface area (Å²) >= 11 is 1.55. The van der Waals surface area contributed by atoms with Crippen LogP contribution in [0, 0.1) is 6.92 Å². The third-order valence-electron chi connectivity index (χ3n) is 7.60. The third-order valence-corrected chi connectivity index (χ3v) is 8.24. The monoisotopic (exact) mass is 608 g/mol. The van der Waals surface area contributed by atoms with Gasteiger partial charge in [0.25, 0.3) is 5.91 Å². The standard InChI is InChI=1S/C37H40N2O4S/c1-4-10-35(40)29-16-18-30(19-17-29)39(24-27-12-6-5-7-13-27)25-28-15-20-32(33(23-28)31-14-9-8-11-26(31)2)36(41)38-34(37(42)43)21-22-44-3/h5-9,11-20,23,34H,4,10,21-22,24-25H2,1-3H3,(H,38,41)(H,42,43)/t34-/m0/s1. The molecule has 0 aromatic heterocycles. The zero-order valence-electron chi connectivity index (χ0n) is 25.6. The SMILES string of the molecule is CCCC(=O)c1ccc(N(Cc2ccccc2)Cc2ccc(C(=O)N[C@@H](CCSC)C(=O)O)c(-c3ccccc3C)c2)cc1. The van der Waals surface area contributed by atoms with Crippen molar-refractivity contribution in [1.82, 2.24) is 5.32 Å². The summed E-state index contributed by atoms with van der Waals surface area (Å²) in [5.41, 5.74) is 6.98. The van der Waals surface area contributed by atoms with Crippen LogP contribution in [0.25, 0.3) is 11.1 Å². The summed E-state index contributed by atoms with van der Waals surface area (Å²) in [5, 5.41) is 12.5. The first kappa shape index (κ1) is 32.6. The zero-order valence-corrected chi connectivity index (χ0v) is 26.4. The molecule has 4 aromatic carbocycles. The van der Waals surface area contributed by atoms with Gasteiger partial charge >= 0.3 is 5.97 Å². The van der Waals surface area contributed by atoms with Crippen LogP contribution in [0.5, 0.6) is 0 Å². The number of amides is 1. The first-order chi connectivity index (χ1) is 21.3. The number of aliphatic carboxylic acids is 1. The molecule has 6 nitrogen and oxygen atoms in total. The van der Waals surface area contributed by atoms with Crippen molar-refractivity contribution in [3.05, 3.63) is 125 Å². The topological polar surface area (TPSA) is 86.7 Å². The molecule has 0 spiro atoms. The van der Waals surface area contributed by atoms with E-state index in [0.29, 0.717) is 42.8 Å². The summed E-state index contributed by atoms with van der Waals surface area (Å²) in [7, 11) is 0. The number of ketones is 1. The summed E-state index contributed by atoms with van der Waals surface area (Å²) in [5.74, 6) is -0.674. The van der Waals surface area contributed by atoms with Crippen molar-refractivity contribution in [2.75, 3.05) is 16.9 Å².